The van der Waals surface area contributed by atoms with Gasteiger partial charge in [0.15, 0.2) is 5.65 Å². The number of H-pyrrole nitrogens is 1. The molecule has 6 heteroatoms. The van der Waals surface area contributed by atoms with Gasteiger partial charge in [-0.1, -0.05) is 20.8 Å². The summed E-state index contributed by atoms with van der Waals surface area (Å²) in [7, 11) is 0. The lowest BCUT2D eigenvalue weighted by atomic mass is 9.95. The molecule has 0 saturated heterocycles. The van der Waals surface area contributed by atoms with Crippen LogP contribution < -0.4 is 5.56 Å². The molecule has 0 unspecified atom stereocenters. The fourth-order valence-electron chi connectivity index (χ4n) is 3.28. The van der Waals surface area contributed by atoms with E-state index in [1.807, 2.05) is 24.3 Å². The minimum atomic E-state index is -0.159. The average molecular weight is 349 g/mol. The number of fused-ring (bicyclic) bond motifs is 2. The number of rotatable bonds is 2. The molecule has 26 heavy (non-hydrogen) atoms. The first kappa shape index (κ1) is 16.8. The second-order valence-corrected chi connectivity index (χ2v) is 7.90. The van der Waals surface area contributed by atoms with Gasteiger partial charge in [0.1, 0.15) is 5.82 Å². The Labute approximate surface area is 152 Å². The SMILES string of the molecule is CC(C)(C)c1nc2c(c(=O)[nH]1)CN(Cc1ccc3cccnc3n1)CC2. The van der Waals surface area contributed by atoms with Crippen molar-refractivity contribution in [2.45, 2.75) is 45.7 Å². The lowest BCUT2D eigenvalue weighted by Gasteiger charge is -2.28. The highest BCUT2D eigenvalue weighted by Gasteiger charge is 2.25. The zero-order valence-corrected chi connectivity index (χ0v) is 15.4. The summed E-state index contributed by atoms with van der Waals surface area (Å²) in [6, 6.07) is 8.00. The number of hydrogen-bond acceptors (Lipinski definition) is 5. The third-order valence-corrected chi connectivity index (χ3v) is 4.77. The number of nitrogens with one attached hydrogen (secondary N) is 1. The van der Waals surface area contributed by atoms with Crippen molar-refractivity contribution >= 4 is 11.0 Å². The van der Waals surface area contributed by atoms with E-state index >= 15 is 0 Å². The van der Waals surface area contributed by atoms with Gasteiger partial charge in [-0.25, -0.2) is 15.0 Å². The quantitative estimate of drug-likeness (QED) is 0.770. The fourth-order valence-corrected chi connectivity index (χ4v) is 3.28. The van der Waals surface area contributed by atoms with E-state index < -0.39 is 0 Å². The summed E-state index contributed by atoms with van der Waals surface area (Å²) in [5, 5.41) is 1.04. The van der Waals surface area contributed by atoms with E-state index in [0.29, 0.717) is 13.1 Å². The second-order valence-electron chi connectivity index (χ2n) is 7.90. The van der Waals surface area contributed by atoms with Gasteiger partial charge < -0.3 is 4.98 Å². The summed E-state index contributed by atoms with van der Waals surface area (Å²) in [4.78, 5) is 31.4. The van der Waals surface area contributed by atoms with Gasteiger partial charge in [-0.2, -0.15) is 0 Å². The summed E-state index contributed by atoms with van der Waals surface area (Å²) >= 11 is 0. The van der Waals surface area contributed by atoms with Gasteiger partial charge in [0.2, 0.25) is 0 Å². The Morgan fingerprint density at radius 1 is 1.19 bits per heavy atom. The number of aromatic amines is 1. The molecule has 0 bridgehead atoms. The summed E-state index contributed by atoms with van der Waals surface area (Å²) in [6.07, 6.45) is 2.54. The van der Waals surface area contributed by atoms with Crippen LogP contribution in [0, 0.1) is 0 Å². The van der Waals surface area contributed by atoms with Gasteiger partial charge in [-0.05, 0) is 24.3 Å². The monoisotopic (exact) mass is 349 g/mol. The molecule has 0 atom stereocenters. The largest absolute Gasteiger partial charge is 0.310 e. The molecule has 0 aliphatic carbocycles. The molecule has 0 saturated carbocycles. The molecule has 3 aromatic rings. The molecule has 0 fully saturated rings. The molecule has 4 rings (SSSR count). The molecule has 0 radical (unpaired) electrons. The smallest absolute Gasteiger partial charge is 0.255 e. The molecule has 4 heterocycles. The second kappa shape index (κ2) is 6.29. The van der Waals surface area contributed by atoms with Crippen LogP contribution in [-0.2, 0) is 24.9 Å². The average Bonchev–Trinajstić information content (AvgIpc) is 2.61. The van der Waals surface area contributed by atoms with Crippen LogP contribution in [0.2, 0.25) is 0 Å². The minimum Gasteiger partial charge on any atom is -0.310 e. The van der Waals surface area contributed by atoms with E-state index in [1.165, 1.54) is 0 Å². The molecule has 1 aliphatic heterocycles. The van der Waals surface area contributed by atoms with Gasteiger partial charge in [0.25, 0.3) is 5.56 Å². The summed E-state index contributed by atoms with van der Waals surface area (Å²) in [5.41, 5.74) is 3.27. The normalized spacial score (nSPS) is 15.2. The van der Waals surface area contributed by atoms with Crippen molar-refractivity contribution in [2.24, 2.45) is 0 Å². The van der Waals surface area contributed by atoms with E-state index in [9.17, 15) is 4.79 Å². The Morgan fingerprint density at radius 2 is 2.04 bits per heavy atom. The van der Waals surface area contributed by atoms with Gasteiger partial charge in [0.05, 0.1) is 17.0 Å². The lowest BCUT2D eigenvalue weighted by molar-refractivity contribution is 0.238. The third kappa shape index (κ3) is 3.24. The molecule has 0 amide bonds. The summed E-state index contributed by atoms with van der Waals surface area (Å²) in [5.74, 6) is 0.761. The van der Waals surface area contributed by atoms with E-state index in [2.05, 4.69) is 40.6 Å². The topological polar surface area (TPSA) is 74.8 Å². The Hall–Kier alpha value is -2.60. The standard InChI is InChI=1S/C20H23N5O/c1-20(2,3)19-23-16-8-10-25(12-15(16)18(26)24-19)11-14-7-6-13-5-4-9-21-17(13)22-14/h4-7,9H,8,10-12H2,1-3H3,(H,23,24,26). The van der Waals surface area contributed by atoms with Crippen molar-refractivity contribution in [2.75, 3.05) is 6.54 Å². The van der Waals surface area contributed by atoms with Crippen LogP contribution in [0.5, 0.6) is 0 Å². The van der Waals surface area contributed by atoms with Crippen molar-refractivity contribution in [3.63, 3.8) is 0 Å². The highest BCUT2D eigenvalue weighted by Crippen LogP contribution is 2.21. The number of hydrogen-bond donors (Lipinski definition) is 1. The van der Waals surface area contributed by atoms with E-state index in [-0.39, 0.29) is 11.0 Å². The minimum absolute atomic E-state index is 0.0160. The van der Waals surface area contributed by atoms with Crippen LogP contribution in [0.4, 0.5) is 0 Å². The molecule has 1 N–H and O–H groups in total. The molecule has 3 aromatic heterocycles. The van der Waals surface area contributed by atoms with Crippen LogP contribution in [0.1, 0.15) is 43.5 Å². The van der Waals surface area contributed by atoms with Gasteiger partial charge >= 0.3 is 0 Å². The molecule has 6 nitrogen and oxygen atoms in total. The number of pyridine rings is 2. The van der Waals surface area contributed by atoms with Crippen molar-refractivity contribution in [3.05, 3.63) is 63.6 Å². The zero-order valence-electron chi connectivity index (χ0n) is 15.4. The van der Waals surface area contributed by atoms with Crippen LogP contribution in [0.15, 0.2) is 35.3 Å². The van der Waals surface area contributed by atoms with Gasteiger partial charge in [-0.3, -0.25) is 9.69 Å². The molecule has 134 valence electrons. The van der Waals surface area contributed by atoms with Crippen molar-refractivity contribution < 1.29 is 0 Å². The molecular formula is C20H23N5O. The Bertz CT molecular complexity index is 1020. The highest BCUT2D eigenvalue weighted by atomic mass is 16.1. The molecule has 1 aliphatic rings. The summed E-state index contributed by atoms with van der Waals surface area (Å²) < 4.78 is 0. The Balaban J connectivity index is 1.57. The Morgan fingerprint density at radius 3 is 2.85 bits per heavy atom. The van der Waals surface area contributed by atoms with Crippen molar-refractivity contribution in [1.29, 1.82) is 0 Å². The maximum Gasteiger partial charge on any atom is 0.255 e. The van der Waals surface area contributed by atoms with E-state index in [4.69, 9.17) is 4.98 Å². The van der Waals surface area contributed by atoms with E-state index in [0.717, 1.165) is 46.8 Å². The van der Waals surface area contributed by atoms with Crippen LogP contribution in [0.3, 0.4) is 0 Å². The predicted octanol–water partition coefficient (Wildman–Crippen LogP) is 2.57. The van der Waals surface area contributed by atoms with Crippen molar-refractivity contribution in [3.8, 4) is 0 Å². The third-order valence-electron chi connectivity index (χ3n) is 4.77. The first-order chi connectivity index (χ1) is 12.4. The zero-order chi connectivity index (χ0) is 18.3. The van der Waals surface area contributed by atoms with Crippen LogP contribution in [-0.4, -0.2) is 31.4 Å². The van der Waals surface area contributed by atoms with Gasteiger partial charge in [0, 0.05) is 43.1 Å². The van der Waals surface area contributed by atoms with Crippen LogP contribution in [0.25, 0.3) is 11.0 Å². The number of nitrogens with zero attached hydrogens (tertiary/aromatic N) is 4. The van der Waals surface area contributed by atoms with E-state index in [1.54, 1.807) is 6.20 Å². The maximum atomic E-state index is 12.6. The lowest BCUT2D eigenvalue weighted by Crippen LogP contribution is -2.37. The first-order valence-corrected chi connectivity index (χ1v) is 8.96. The van der Waals surface area contributed by atoms with Gasteiger partial charge in [-0.15, -0.1) is 0 Å². The maximum absolute atomic E-state index is 12.6. The first-order valence-electron chi connectivity index (χ1n) is 8.96. The Kier molecular flexibility index (Phi) is 4.07. The molecule has 0 spiro atoms. The summed E-state index contributed by atoms with van der Waals surface area (Å²) in [6.45, 7) is 8.36. The van der Waals surface area contributed by atoms with Crippen LogP contribution >= 0.6 is 0 Å². The fraction of sp³-hybridized carbons (Fsp3) is 0.400. The number of aromatic nitrogens is 4. The van der Waals surface area contributed by atoms with Crippen molar-refractivity contribution in [1.82, 2.24) is 24.8 Å². The predicted molar refractivity (Wildman–Crippen MR) is 101 cm³/mol. The highest BCUT2D eigenvalue weighted by molar-refractivity contribution is 5.74. The molecular weight excluding hydrogens is 326 g/mol. The molecule has 0 aromatic carbocycles.